The van der Waals surface area contributed by atoms with Crippen molar-refractivity contribution in [1.82, 2.24) is 5.32 Å². The molecule has 0 aliphatic carbocycles. The molecule has 1 aromatic rings. The molecular formula is C13H17ClN2O3. The van der Waals surface area contributed by atoms with Crippen molar-refractivity contribution in [3.8, 4) is 0 Å². The van der Waals surface area contributed by atoms with Crippen LogP contribution in [0.1, 0.15) is 23.2 Å². The molecule has 1 fully saturated rings. The zero-order valence-electron chi connectivity index (χ0n) is 10.6. The second-order valence-electron chi connectivity index (χ2n) is 4.18. The maximum Gasteiger partial charge on any atom is 0.339 e. The molecule has 104 valence electrons. The first-order valence-corrected chi connectivity index (χ1v) is 5.94. The summed E-state index contributed by atoms with van der Waals surface area (Å²) >= 11 is 0. The number of methoxy groups -OCH3 is 1. The van der Waals surface area contributed by atoms with Gasteiger partial charge in [0.15, 0.2) is 0 Å². The number of hydrogen-bond acceptors (Lipinski definition) is 4. The van der Waals surface area contributed by atoms with Crippen molar-refractivity contribution in [2.75, 3.05) is 19.0 Å². The number of amides is 1. The minimum Gasteiger partial charge on any atom is -0.465 e. The number of halogens is 1. The lowest BCUT2D eigenvalue weighted by molar-refractivity contribution is -0.117. The molecule has 19 heavy (non-hydrogen) atoms. The maximum absolute atomic E-state index is 12.0. The first kappa shape index (κ1) is 15.5. The van der Waals surface area contributed by atoms with Crippen molar-refractivity contribution < 1.29 is 14.3 Å². The van der Waals surface area contributed by atoms with Crippen LogP contribution in [0.2, 0.25) is 0 Å². The van der Waals surface area contributed by atoms with Gasteiger partial charge in [-0.3, -0.25) is 4.79 Å². The molecular weight excluding hydrogens is 268 g/mol. The quantitative estimate of drug-likeness (QED) is 0.827. The van der Waals surface area contributed by atoms with Gasteiger partial charge in [-0.05, 0) is 31.5 Å². The maximum atomic E-state index is 12.0. The molecule has 1 aliphatic heterocycles. The lowest BCUT2D eigenvalue weighted by Gasteiger charge is -2.13. The number of esters is 1. The predicted octanol–water partition coefficient (Wildman–Crippen LogP) is 1.59. The molecule has 5 nitrogen and oxygen atoms in total. The number of carbonyl (C=O) groups excluding carboxylic acids is 2. The highest BCUT2D eigenvalue weighted by atomic mass is 35.5. The third-order valence-electron chi connectivity index (χ3n) is 2.97. The van der Waals surface area contributed by atoms with E-state index in [1.165, 1.54) is 7.11 Å². The Hall–Kier alpha value is -1.59. The van der Waals surface area contributed by atoms with Crippen molar-refractivity contribution in [2.24, 2.45) is 0 Å². The van der Waals surface area contributed by atoms with E-state index >= 15 is 0 Å². The van der Waals surface area contributed by atoms with Gasteiger partial charge in [-0.2, -0.15) is 0 Å². The molecule has 1 aromatic carbocycles. The second-order valence-corrected chi connectivity index (χ2v) is 4.18. The molecule has 2 N–H and O–H groups in total. The van der Waals surface area contributed by atoms with Crippen molar-refractivity contribution in [2.45, 2.75) is 18.9 Å². The number of rotatable bonds is 3. The Morgan fingerprint density at radius 1 is 1.37 bits per heavy atom. The molecule has 0 unspecified atom stereocenters. The van der Waals surface area contributed by atoms with Gasteiger partial charge in [0.1, 0.15) is 0 Å². The van der Waals surface area contributed by atoms with E-state index in [2.05, 4.69) is 15.4 Å². The number of para-hydroxylation sites is 1. The molecule has 0 radical (unpaired) electrons. The summed E-state index contributed by atoms with van der Waals surface area (Å²) in [6, 6.07) is 6.65. The molecule has 0 spiro atoms. The zero-order valence-corrected chi connectivity index (χ0v) is 11.5. The van der Waals surface area contributed by atoms with E-state index in [9.17, 15) is 9.59 Å². The number of carbonyl (C=O) groups is 2. The summed E-state index contributed by atoms with van der Waals surface area (Å²) < 4.78 is 4.68. The van der Waals surface area contributed by atoms with E-state index in [1.54, 1.807) is 24.3 Å². The van der Waals surface area contributed by atoms with Crippen LogP contribution in [-0.4, -0.2) is 31.6 Å². The molecule has 1 aliphatic rings. The van der Waals surface area contributed by atoms with Gasteiger partial charge in [0.05, 0.1) is 24.4 Å². The summed E-state index contributed by atoms with van der Waals surface area (Å²) in [5.41, 5.74) is 0.856. The van der Waals surface area contributed by atoms with Crippen LogP contribution in [0.5, 0.6) is 0 Å². The average molecular weight is 285 g/mol. The molecule has 1 atom stereocenters. The van der Waals surface area contributed by atoms with Crippen LogP contribution in [0.25, 0.3) is 0 Å². The summed E-state index contributed by atoms with van der Waals surface area (Å²) in [4.78, 5) is 23.5. The Morgan fingerprint density at radius 2 is 2.11 bits per heavy atom. The van der Waals surface area contributed by atoms with Crippen LogP contribution in [-0.2, 0) is 9.53 Å². The molecule has 2 rings (SSSR count). The first-order chi connectivity index (χ1) is 8.72. The first-order valence-electron chi connectivity index (χ1n) is 5.94. The normalized spacial score (nSPS) is 17.4. The van der Waals surface area contributed by atoms with E-state index < -0.39 is 5.97 Å². The number of ether oxygens (including phenoxy) is 1. The van der Waals surface area contributed by atoms with Gasteiger partial charge in [-0.25, -0.2) is 4.79 Å². The Bertz CT molecular complexity index is 459. The molecule has 0 bridgehead atoms. The van der Waals surface area contributed by atoms with Crippen molar-refractivity contribution in [3.63, 3.8) is 0 Å². The van der Waals surface area contributed by atoms with E-state index in [0.29, 0.717) is 11.3 Å². The van der Waals surface area contributed by atoms with Crippen molar-refractivity contribution in [1.29, 1.82) is 0 Å². The minimum atomic E-state index is -0.453. The molecule has 1 saturated heterocycles. The van der Waals surface area contributed by atoms with Crippen LogP contribution in [0.3, 0.4) is 0 Å². The van der Waals surface area contributed by atoms with Crippen LogP contribution in [0.15, 0.2) is 24.3 Å². The summed E-state index contributed by atoms with van der Waals surface area (Å²) in [6.07, 6.45) is 1.82. The fraction of sp³-hybridized carbons (Fsp3) is 0.385. The Labute approximate surface area is 118 Å². The summed E-state index contributed by atoms with van der Waals surface area (Å²) in [6.45, 7) is 0.858. The van der Waals surface area contributed by atoms with Gasteiger partial charge in [-0.1, -0.05) is 12.1 Å². The number of nitrogens with one attached hydrogen (secondary N) is 2. The monoisotopic (exact) mass is 284 g/mol. The Kier molecular flexibility index (Phi) is 5.79. The lowest BCUT2D eigenvalue weighted by atomic mass is 10.1. The van der Waals surface area contributed by atoms with E-state index in [-0.39, 0.29) is 24.4 Å². The van der Waals surface area contributed by atoms with Crippen LogP contribution >= 0.6 is 12.4 Å². The average Bonchev–Trinajstić information content (AvgIpc) is 2.92. The highest BCUT2D eigenvalue weighted by molar-refractivity contribution is 6.02. The standard InChI is InChI=1S/C13H16N2O3.ClH/c1-18-13(17)9-5-2-3-6-10(9)15-12(16)11-7-4-8-14-11;/h2-3,5-6,11,14H,4,7-8H2,1H3,(H,15,16);1H/t11-;/m0./s1. The molecule has 0 saturated carbocycles. The van der Waals surface area contributed by atoms with Crippen LogP contribution < -0.4 is 10.6 Å². The minimum absolute atomic E-state index is 0. The van der Waals surface area contributed by atoms with Gasteiger partial charge in [0, 0.05) is 0 Å². The number of benzene rings is 1. The Balaban J connectivity index is 0.00000180. The molecule has 1 heterocycles. The SMILES string of the molecule is COC(=O)c1ccccc1NC(=O)[C@@H]1CCCN1.Cl. The van der Waals surface area contributed by atoms with Crippen LogP contribution in [0, 0.1) is 0 Å². The largest absolute Gasteiger partial charge is 0.465 e. The smallest absolute Gasteiger partial charge is 0.339 e. The molecule has 0 aromatic heterocycles. The summed E-state index contributed by atoms with van der Waals surface area (Å²) in [5, 5.41) is 5.88. The highest BCUT2D eigenvalue weighted by Gasteiger charge is 2.23. The third kappa shape index (κ3) is 3.68. The van der Waals surface area contributed by atoms with E-state index in [0.717, 1.165) is 19.4 Å². The predicted molar refractivity (Wildman–Crippen MR) is 74.7 cm³/mol. The van der Waals surface area contributed by atoms with Crippen LogP contribution in [0.4, 0.5) is 5.69 Å². The van der Waals surface area contributed by atoms with Crippen molar-refractivity contribution in [3.05, 3.63) is 29.8 Å². The highest BCUT2D eigenvalue weighted by Crippen LogP contribution is 2.17. The van der Waals surface area contributed by atoms with Gasteiger partial charge in [0.25, 0.3) is 0 Å². The lowest BCUT2D eigenvalue weighted by Crippen LogP contribution is -2.35. The Morgan fingerprint density at radius 3 is 2.74 bits per heavy atom. The number of hydrogen-bond donors (Lipinski definition) is 2. The van der Waals surface area contributed by atoms with Gasteiger partial charge >= 0.3 is 5.97 Å². The number of anilines is 1. The van der Waals surface area contributed by atoms with E-state index in [4.69, 9.17) is 0 Å². The summed E-state index contributed by atoms with van der Waals surface area (Å²) in [5.74, 6) is -0.561. The van der Waals surface area contributed by atoms with Gasteiger partial charge in [-0.15, -0.1) is 12.4 Å². The van der Waals surface area contributed by atoms with Gasteiger partial charge < -0.3 is 15.4 Å². The third-order valence-corrected chi connectivity index (χ3v) is 2.97. The second kappa shape index (κ2) is 7.11. The van der Waals surface area contributed by atoms with Crippen molar-refractivity contribution >= 4 is 30.0 Å². The zero-order chi connectivity index (χ0) is 13.0. The van der Waals surface area contributed by atoms with Gasteiger partial charge in [0.2, 0.25) is 5.91 Å². The molecule has 6 heteroatoms. The summed E-state index contributed by atoms with van der Waals surface area (Å²) in [7, 11) is 1.32. The van der Waals surface area contributed by atoms with E-state index in [1.807, 2.05) is 0 Å². The topological polar surface area (TPSA) is 67.4 Å². The molecule has 1 amide bonds. The fourth-order valence-electron chi connectivity index (χ4n) is 2.01. The fourth-order valence-corrected chi connectivity index (χ4v) is 2.01.